The predicted octanol–water partition coefficient (Wildman–Crippen LogP) is 5.08. The molecule has 3 aromatic rings. The highest BCUT2D eigenvalue weighted by Crippen LogP contribution is 2.43. The number of carbonyl (C=O) groups excluding carboxylic acids is 1. The Morgan fingerprint density at radius 3 is 2.44 bits per heavy atom. The second-order valence-corrected chi connectivity index (χ2v) is 11.1. The van der Waals surface area contributed by atoms with Crippen molar-refractivity contribution in [3.63, 3.8) is 0 Å². The molecule has 2 aliphatic rings. The first-order valence-electron chi connectivity index (χ1n) is 11.7. The molecular weight excluding hydrogens is 496 g/mol. The number of rotatable bonds is 2. The number of anilines is 1. The van der Waals surface area contributed by atoms with Gasteiger partial charge in [0.2, 0.25) is 0 Å². The monoisotopic (exact) mass is 524 g/mol. The van der Waals surface area contributed by atoms with Crippen LogP contribution < -0.4 is 4.90 Å². The van der Waals surface area contributed by atoms with Crippen molar-refractivity contribution in [1.82, 2.24) is 24.8 Å². The minimum absolute atomic E-state index is 0.142. The number of likely N-dealkylation sites (tertiary alicyclic amines) is 1. The summed E-state index contributed by atoms with van der Waals surface area (Å²) >= 11 is 3.67. The molecule has 0 radical (unpaired) electrons. The fraction of sp³-hybridized carbons (Fsp3) is 0.480. The van der Waals surface area contributed by atoms with Gasteiger partial charge in [-0.05, 0) is 73.5 Å². The van der Waals surface area contributed by atoms with Gasteiger partial charge in [-0.3, -0.25) is 9.97 Å². The molecule has 5 heterocycles. The topological polar surface area (TPSA) is 84.3 Å². The zero-order chi connectivity index (χ0) is 23.9. The van der Waals surface area contributed by atoms with E-state index in [-0.39, 0.29) is 11.5 Å². The Balaban J connectivity index is 1.38. The van der Waals surface area contributed by atoms with Gasteiger partial charge in [0, 0.05) is 54.8 Å². The van der Waals surface area contributed by atoms with E-state index in [1.165, 1.54) is 0 Å². The maximum Gasteiger partial charge on any atom is 0.410 e. The van der Waals surface area contributed by atoms with Crippen molar-refractivity contribution in [2.45, 2.75) is 45.6 Å². The van der Waals surface area contributed by atoms with Crippen LogP contribution in [-0.2, 0) is 4.74 Å². The molecule has 2 saturated heterocycles. The Kier molecular flexibility index (Phi) is 5.91. The summed E-state index contributed by atoms with van der Waals surface area (Å²) in [5, 5.41) is 0.977. The van der Waals surface area contributed by atoms with Crippen LogP contribution in [0.1, 0.15) is 40.0 Å². The third-order valence-corrected chi connectivity index (χ3v) is 7.29. The van der Waals surface area contributed by atoms with E-state index in [4.69, 9.17) is 14.7 Å². The average molecular weight is 525 g/mol. The Morgan fingerprint density at radius 2 is 1.74 bits per heavy atom. The van der Waals surface area contributed by atoms with Gasteiger partial charge in [0.05, 0.1) is 17.1 Å². The quantitative estimate of drug-likeness (QED) is 0.462. The van der Waals surface area contributed by atoms with Gasteiger partial charge < -0.3 is 14.5 Å². The van der Waals surface area contributed by atoms with Gasteiger partial charge in [-0.2, -0.15) is 0 Å². The Morgan fingerprint density at radius 1 is 1.03 bits per heavy atom. The first kappa shape index (κ1) is 23.0. The summed E-state index contributed by atoms with van der Waals surface area (Å²) in [5.74, 6) is 1.59. The number of hydrogen-bond acceptors (Lipinski definition) is 7. The van der Waals surface area contributed by atoms with E-state index in [1.54, 1.807) is 24.8 Å². The maximum absolute atomic E-state index is 12.6. The van der Waals surface area contributed by atoms with Crippen LogP contribution in [0.25, 0.3) is 22.3 Å². The van der Waals surface area contributed by atoms with Gasteiger partial charge in [-0.15, -0.1) is 0 Å². The van der Waals surface area contributed by atoms with Gasteiger partial charge in [-0.1, -0.05) is 0 Å². The second kappa shape index (κ2) is 8.76. The molecule has 0 aliphatic carbocycles. The van der Waals surface area contributed by atoms with E-state index < -0.39 is 5.60 Å². The van der Waals surface area contributed by atoms with Gasteiger partial charge in [-0.25, -0.2) is 14.8 Å². The van der Waals surface area contributed by atoms with Crippen molar-refractivity contribution in [1.29, 1.82) is 0 Å². The molecule has 0 unspecified atom stereocenters. The number of ether oxygens (including phenoxy) is 1. The normalized spacial score (nSPS) is 18.0. The van der Waals surface area contributed by atoms with Crippen LogP contribution in [0.3, 0.4) is 0 Å². The van der Waals surface area contributed by atoms with Crippen LogP contribution in [0.4, 0.5) is 10.6 Å². The van der Waals surface area contributed by atoms with Crippen molar-refractivity contribution in [3.8, 4) is 11.4 Å². The molecule has 1 amide bonds. The number of pyridine rings is 2. The molecule has 8 nitrogen and oxygen atoms in total. The molecule has 0 aromatic carbocycles. The van der Waals surface area contributed by atoms with Gasteiger partial charge in [0.1, 0.15) is 11.4 Å². The molecular formula is C25H29BrN6O2. The molecule has 0 N–H and O–H groups in total. The molecule has 0 saturated carbocycles. The zero-order valence-corrected chi connectivity index (χ0v) is 21.4. The lowest BCUT2D eigenvalue weighted by Gasteiger charge is -2.40. The minimum atomic E-state index is -0.473. The number of piperidine rings is 1. The van der Waals surface area contributed by atoms with Gasteiger partial charge >= 0.3 is 6.09 Å². The molecule has 1 spiro atoms. The lowest BCUT2D eigenvalue weighted by atomic mass is 9.78. The number of hydrogen-bond donors (Lipinski definition) is 0. The summed E-state index contributed by atoms with van der Waals surface area (Å²) in [6, 6.07) is 3.84. The summed E-state index contributed by atoms with van der Waals surface area (Å²) < 4.78 is 6.49. The fourth-order valence-electron chi connectivity index (χ4n) is 4.90. The van der Waals surface area contributed by atoms with Crippen molar-refractivity contribution < 1.29 is 9.53 Å². The lowest BCUT2D eigenvalue weighted by Crippen LogP contribution is -2.43. The van der Waals surface area contributed by atoms with E-state index in [0.717, 1.165) is 72.2 Å². The van der Waals surface area contributed by atoms with Crippen LogP contribution in [0, 0.1) is 5.41 Å². The van der Waals surface area contributed by atoms with E-state index in [1.807, 2.05) is 37.8 Å². The zero-order valence-electron chi connectivity index (χ0n) is 19.8. The van der Waals surface area contributed by atoms with Gasteiger partial charge in [0.15, 0.2) is 5.82 Å². The Labute approximate surface area is 207 Å². The first-order valence-corrected chi connectivity index (χ1v) is 12.5. The molecule has 5 rings (SSSR count). The minimum Gasteiger partial charge on any atom is -0.444 e. The summed E-state index contributed by atoms with van der Waals surface area (Å²) in [6.07, 6.45) is 9.91. The first-order chi connectivity index (χ1) is 16.2. The number of halogens is 1. The largest absolute Gasteiger partial charge is 0.444 e. The van der Waals surface area contributed by atoms with Crippen LogP contribution in [-0.4, -0.2) is 62.7 Å². The molecule has 0 bridgehead atoms. The highest BCUT2D eigenvalue weighted by Gasteiger charge is 2.43. The van der Waals surface area contributed by atoms with E-state index in [0.29, 0.717) is 5.82 Å². The SMILES string of the molecule is CC(C)(C)OC(=O)N1CCC2(CCN(c3nc(-c4ccncc4)nc4cncc(Br)c34)CC2)C1. The van der Waals surface area contributed by atoms with E-state index in [2.05, 4.69) is 30.8 Å². The molecule has 2 aliphatic heterocycles. The van der Waals surface area contributed by atoms with Crippen molar-refractivity contribution >= 4 is 38.7 Å². The average Bonchev–Trinajstić information content (AvgIpc) is 3.22. The summed E-state index contributed by atoms with van der Waals surface area (Å²) in [7, 11) is 0. The highest BCUT2D eigenvalue weighted by atomic mass is 79.9. The second-order valence-electron chi connectivity index (χ2n) is 10.3. The standard InChI is InChI=1S/C25H29BrN6O2/c1-24(2,3)34-23(33)32-13-8-25(16-32)6-11-31(12-7-25)22-20-18(26)14-28-15-19(20)29-21(30-22)17-4-9-27-10-5-17/h4-5,9-10,14-15H,6-8,11-13,16H2,1-3H3. The van der Waals surface area contributed by atoms with Crippen molar-refractivity contribution in [2.24, 2.45) is 5.41 Å². The Bertz CT molecular complexity index is 1210. The number of amides is 1. The number of nitrogens with zero attached hydrogens (tertiary/aromatic N) is 6. The predicted molar refractivity (Wildman–Crippen MR) is 135 cm³/mol. The highest BCUT2D eigenvalue weighted by molar-refractivity contribution is 9.10. The molecule has 2 fully saturated rings. The van der Waals surface area contributed by atoms with Gasteiger partial charge in [0.25, 0.3) is 0 Å². The molecule has 34 heavy (non-hydrogen) atoms. The smallest absolute Gasteiger partial charge is 0.410 e. The Hall–Kier alpha value is -2.81. The van der Waals surface area contributed by atoms with Crippen LogP contribution in [0.2, 0.25) is 0 Å². The summed E-state index contributed by atoms with van der Waals surface area (Å²) in [4.78, 5) is 35.0. The van der Waals surface area contributed by atoms with E-state index >= 15 is 0 Å². The molecule has 9 heteroatoms. The number of carbonyl (C=O) groups is 1. The third kappa shape index (κ3) is 4.58. The molecule has 0 atom stereocenters. The van der Waals surface area contributed by atoms with Crippen LogP contribution in [0.15, 0.2) is 41.4 Å². The summed E-state index contributed by atoms with van der Waals surface area (Å²) in [6.45, 7) is 9.00. The van der Waals surface area contributed by atoms with Crippen LogP contribution >= 0.6 is 15.9 Å². The van der Waals surface area contributed by atoms with Crippen molar-refractivity contribution in [2.75, 3.05) is 31.1 Å². The van der Waals surface area contributed by atoms with E-state index in [9.17, 15) is 4.79 Å². The van der Waals surface area contributed by atoms with Crippen molar-refractivity contribution in [3.05, 3.63) is 41.4 Å². The maximum atomic E-state index is 12.6. The fourth-order valence-corrected chi connectivity index (χ4v) is 5.40. The van der Waals surface area contributed by atoms with Crippen LogP contribution in [0.5, 0.6) is 0 Å². The lowest BCUT2D eigenvalue weighted by molar-refractivity contribution is 0.0266. The third-order valence-electron chi connectivity index (χ3n) is 6.69. The summed E-state index contributed by atoms with van der Waals surface area (Å²) in [5.41, 5.74) is 1.40. The molecule has 178 valence electrons. The number of aromatic nitrogens is 4. The molecule has 3 aromatic heterocycles. The number of fused-ring (bicyclic) bond motifs is 1.